The number of nitrogen functional groups attached to an aromatic ring is 1. The van der Waals surface area contributed by atoms with Gasteiger partial charge in [0, 0.05) is 18.7 Å². The second-order valence-electron chi connectivity index (χ2n) is 3.49. The predicted octanol–water partition coefficient (Wildman–Crippen LogP) is 0.211. The van der Waals surface area contributed by atoms with Crippen LogP contribution in [0.2, 0.25) is 0 Å². The van der Waals surface area contributed by atoms with Crippen molar-refractivity contribution in [1.82, 2.24) is 4.98 Å². The number of carbonyl (C=O) groups excluding carboxylic acids is 1. The van der Waals surface area contributed by atoms with Gasteiger partial charge in [0.25, 0.3) is 0 Å². The average molecular weight is 219 g/mol. The fourth-order valence-electron chi connectivity index (χ4n) is 1.25. The lowest BCUT2D eigenvalue weighted by molar-refractivity contribution is -0.118. The number of anilines is 2. The van der Waals surface area contributed by atoms with Crippen LogP contribution in [0.5, 0.6) is 0 Å². The fraction of sp³-hybridized carbons (Fsp3) is 0.300. The molecule has 0 saturated heterocycles. The molecule has 0 fully saturated rings. The van der Waals surface area contributed by atoms with Gasteiger partial charge in [-0.25, -0.2) is 4.98 Å². The van der Waals surface area contributed by atoms with Gasteiger partial charge in [-0.3, -0.25) is 4.79 Å². The van der Waals surface area contributed by atoms with Gasteiger partial charge >= 0.3 is 0 Å². The molecule has 1 aromatic rings. The molecule has 0 aliphatic carbocycles. The van der Waals surface area contributed by atoms with E-state index in [0.29, 0.717) is 17.1 Å². The number of hydrogen-bond donors (Lipinski definition) is 3. The number of hydrogen-bond acceptors (Lipinski definition) is 5. The zero-order valence-corrected chi connectivity index (χ0v) is 8.90. The first-order valence-corrected chi connectivity index (χ1v) is 4.73. The number of nitrogens with one attached hydrogen (secondary N) is 1. The molecule has 0 aliphatic heterocycles. The smallest absolute Gasteiger partial charge is 0.219 e. The maximum absolute atomic E-state index is 10.7. The van der Waals surface area contributed by atoms with Crippen molar-refractivity contribution in [2.75, 3.05) is 11.1 Å². The highest BCUT2D eigenvalue weighted by molar-refractivity contribution is 5.75. The molecule has 16 heavy (non-hydrogen) atoms. The van der Waals surface area contributed by atoms with Gasteiger partial charge in [0.1, 0.15) is 11.9 Å². The number of aromatic nitrogens is 1. The molecule has 84 valence electrons. The van der Waals surface area contributed by atoms with Gasteiger partial charge in [-0.2, -0.15) is 5.26 Å². The number of nitrogens with two attached hydrogens (primary N) is 2. The molecule has 0 aromatic carbocycles. The van der Waals surface area contributed by atoms with Gasteiger partial charge < -0.3 is 16.8 Å². The molecule has 1 aromatic heterocycles. The Bertz CT molecular complexity index is 437. The molecular formula is C10H13N5O. The van der Waals surface area contributed by atoms with Gasteiger partial charge in [0.2, 0.25) is 5.91 Å². The first-order valence-electron chi connectivity index (χ1n) is 4.73. The van der Waals surface area contributed by atoms with E-state index in [1.165, 1.54) is 12.3 Å². The molecule has 0 radical (unpaired) electrons. The second kappa shape index (κ2) is 4.98. The molecule has 0 spiro atoms. The third-order valence-corrected chi connectivity index (χ3v) is 1.94. The molecule has 0 aliphatic rings. The van der Waals surface area contributed by atoms with Gasteiger partial charge in [-0.1, -0.05) is 0 Å². The Balaban J connectivity index is 2.75. The molecule has 5 N–H and O–H groups in total. The van der Waals surface area contributed by atoms with Crippen LogP contribution in [0.1, 0.15) is 18.9 Å². The van der Waals surface area contributed by atoms with Gasteiger partial charge in [0.15, 0.2) is 0 Å². The van der Waals surface area contributed by atoms with Crippen LogP contribution < -0.4 is 16.8 Å². The van der Waals surface area contributed by atoms with Crippen LogP contribution in [0.15, 0.2) is 12.3 Å². The summed E-state index contributed by atoms with van der Waals surface area (Å²) in [6, 6.07) is 3.30. The number of amides is 1. The van der Waals surface area contributed by atoms with Crippen molar-refractivity contribution in [3.05, 3.63) is 17.8 Å². The maximum atomic E-state index is 10.7. The Kier molecular flexibility index (Phi) is 3.67. The van der Waals surface area contributed by atoms with Crippen molar-refractivity contribution in [3.8, 4) is 6.07 Å². The van der Waals surface area contributed by atoms with Crippen LogP contribution in [0.3, 0.4) is 0 Å². The first-order chi connectivity index (χ1) is 7.52. The van der Waals surface area contributed by atoms with Crippen molar-refractivity contribution in [2.45, 2.75) is 19.4 Å². The van der Waals surface area contributed by atoms with E-state index in [-0.39, 0.29) is 12.5 Å². The molecule has 1 rings (SSSR count). The molecule has 6 nitrogen and oxygen atoms in total. The van der Waals surface area contributed by atoms with Crippen molar-refractivity contribution in [2.24, 2.45) is 5.73 Å². The SMILES string of the molecule is CC(CC(N)=O)Nc1ncc(C#N)cc1N. The van der Waals surface area contributed by atoms with Crippen molar-refractivity contribution in [1.29, 1.82) is 5.26 Å². The lowest BCUT2D eigenvalue weighted by Crippen LogP contribution is -2.24. The summed E-state index contributed by atoms with van der Waals surface area (Å²) in [5.41, 5.74) is 11.5. The minimum atomic E-state index is -0.396. The van der Waals surface area contributed by atoms with Gasteiger partial charge in [0.05, 0.1) is 11.3 Å². The highest BCUT2D eigenvalue weighted by atomic mass is 16.1. The van der Waals surface area contributed by atoms with Crippen LogP contribution in [0, 0.1) is 11.3 Å². The minimum Gasteiger partial charge on any atom is -0.396 e. The van der Waals surface area contributed by atoms with E-state index in [1.807, 2.05) is 6.07 Å². The van der Waals surface area contributed by atoms with E-state index in [0.717, 1.165) is 0 Å². The molecule has 1 amide bonds. The maximum Gasteiger partial charge on any atom is 0.219 e. The lowest BCUT2D eigenvalue weighted by Gasteiger charge is -2.14. The monoisotopic (exact) mass is 219 g/mol. The van der Waals surface area contributed by atoms with E-state index in [4.69, 9.17) is 16.7 Å². The number of primary amides is 1. The third kappa shape index (κ3) is 3.13. The van der Waals surface area contributed by atoms with E-state index < -0.39 is 5.91 Å². The Morgan fingerprint density at radius 1 is 1.75 bits per heavy atom. The summed E-state index contributed by atoms with van der Waals surface area (Å²) < 4.78 is 0. The largest absolute Gasteiger partial charge is 0.396 e. The fourth-order valence-corrected chi connectivity index (χ4v) is 1.25. The predicted molar refractivity (Wildman–Crippen MR) is 60.3 cm³/mol. The zero-order chi connectivity index (χ0) is 12.1. The Morgan fingerprint density at radius 3 is 2.94 bits per heavy atom. The third-order valence-electron chi connectivity index (χ3n) is 1.94. The van der Waals surface area contributed by atoms with Gasteiger partial charge in [-0.05, 0) is 13.0 Å². The number of rotatable bonds is 4. The number of carbonyl (C=O) groups is 1. The quantitative estimate of drug-likeness (QED) is 0.669. The van der Waals surface area contributed by atoms with Crippen molar-refractivity contribution >= 4 is 17.4 Å². The topological polar surface area (TPSA) is 118 Å². The standard InChI is InChI=1S/C10H13N5O/c1-6(2-9(13)16)15-10-8(12)3-7(4-11)5-14-10/h3,5-6H,2,12H2,1H3,(H2,13,16)(H,14,15). The molecule has 1 atom stereocenters. The van der Waals surface area contributed by atoms with Crippen LogP contribution in [0.4, 0.5) is 11.5 Å². The molecule has 6 heteroatoms. The van der Waals surface area contributed by atoms with Crippen LogP contribution in [-0.2, 0) is 4.79 Å². The Labute approximate surface area is 93.3 Å². The van der Waals surface area contributed by atoms with Crippen LogP contribution in [0.25, 0.3) is 0 Å². The number of nitrogens with zero attached hydrogens (tertiary/aromatic N) is 2. The minimum absolute atomic E-state index is 0.153. The number of pyridine rings is 1. The van der Waals surface area contributed by atoms with Crippen LogP contribution >= 0.6 is 0 Å². The van der Waals surface area contributed by atoms with Crippen molar-refractivity contribution < 1.29 is 4.79 Å². The Hall–Kier alpha value is -2.29. The Morgan fingerprint density at radius 2 is 2.44 bits per heavy atom. The summed E-state index contributed by atoms with van der Waals surface area (Å²) in [7, 11) is 0. The summed E-state index contributed by atoms with van der Waals surface area (Å²) >= 11 is 0. The first kappa shape index (κ1) is 11.8. The highest BCUT2D eigenvalue weighted by Gasteiger charge is 2.09. The lowest BCUT2D eigenvalue weighted by atomic mass is 10.2. The summed E-state index contributed by atoms with van der Waals surface area (Å²) in [6.07, 6.45) is 1.61. The molecule has 1 unspecified atom stereocenters. The average Bonchev–Trinajstić information content (AvgIpc) is 2.19. The van der Waals surface area contributed by atoms with Gasteiger partial charge in [-0.15, -0.1) is 0 Å². The summed E-state index contributed by atoms with van der Waals surface area (Å²) in [5, 5.41) is 11.6. The van der Waals surface area contributed by atoms with E-state index >= 15 is 0 Å². The zero-order valence-electron chi connectivity index (χ0n) is 8.90. The van der Waals surface area contributed by atoms with Crippen molar-refractivity contribution in [3.63, 3.8) is 0 Å². The molecule has 1 heterocycles. The van der Waals surface area contributed by atoms with E-state index in [2.05, 4.69) is 10.3 Å². The number of nitriles is 1. The van der Waals surface area contributed by atoms with E-state index in [9.17, 15) is 4.79 Å². The summed E-state index contributed by atoms with van der Waals surface area (Å²) in [6.45, 7) is 1.80. The van der Waals surface area contributed by atoms with E-state index in [1.54, 1.807) is 6.92 Å². The molecular weight excluding hydrogens is 206 g/mol. The highest BCUT2D eigenvalue weighted by Crippen LogP contribution is 2.17. The summed E-state index contributed by atoms with van der Waals surface area (Å²) in [5.74, 6) is 0.0555. The molecule has 0 saturated carbocycles. The summed E-state index contributed by atoms with van der Waals surface area (Å²) in [4.78, 5) is 14.7. The van der Waals surface area contributed by atoms with Crippen LogP contribution in [-0.4, -0.2) is 16.9 Å². The second-order valence-corrected chi connectivity index (χ2v) is 3.49. The molecule has 0 bridgehead atoms. The normalized spacial score (nSPS) is 11.5.